The number of imidazole rings is 1. The summed E-state index contributed by atoms with van der Waals surface area (Å²) in [7, 11) is 4.78. The fraction of sp³-hybridized carbons (Fsp3) is 0.385. The molecule has 6 nitrogen and oxygen atoms in total. The Balaban J connectivity index is 2.58. The zero-order chi connectivity index (χ0) is 17.1. The van der Waals surface area contributed by atoms with Gasteiger partial charge in [-0.3, -0.25) is 0 Å². The molecule has 0 aliphatic rings. The molecule has 0 bridgehead atoms. The molecule has 1 aromatic carbocycles. The second kappa shape index (κ2) is 7.09. The van der Waals surface area contributed by atoms with Crippen molar-refractivity contribution in [3.05, 3.63) is 23.3 Å². The molecule has 0 aliphatic heterocycles. The van der Waals surface area contributed by atoms with Crippen molar-refractivity contribution in [1.29, 1.82) is 0 Å². The monoisotopic (exact) mass is 348 g/mol. The molecule has 0 saturated carbocycles. The van der Waals surface area contributed by atoms with Gasteiger partial charge >= 0.3 is 5.97 Å². The van der Waals surface area contributed by atoms with Crippen LogP contribution in [0.1, 0.15) is 10.4 Å². The number of esters is 1. The maximum atomic E-state index is 14.0. The molecule has 1 N–H and O–H groups in total. The Morgan fingerprint density at radius 3 is 2.74 bits per heavy atom. The Morgan fingerprint density at radius 1 is 1.48 bits per heavy atom. The molecule has 126 valence electrons. The first-order valence-electron chi connectivity index (χ1n) is 6.57. The lowest BCUT2D eigenvalue weighted by Gasteiger charge is -2.11. The summed E-state index contributed by atoms with van der Waals surface area (Å²) in [6.45, 7) is 1.01. The highest BCUT2D eigenvalue weighted by atomic mass is 32.2. The van der Waals surface area contributed by atoms with Crippen molar-refractivity contribution in [3.8, 4) is 0 Å². The highest BCUT2D eigenvalue weighted by molar-refractivity contribution is 7.93. The van der Waals surface area contributed by atoms with Gasteiger partial charge in [-0.25, -0.2) is 22.5 Å². The van der Waals surface area contributed by atoms with Crippen LogP contribution in [0, 0.1) is 11.6 Å². The highest BCUT2D eigenvalue weighted by Gasteiger charge is 2.25. The van der Waals surface area contributed by atoms with E-state index in [2.05, 4.69) is 15.0 Å². The van der Waals surface area contributed by atoms with Crippen molar-refractivity contribution in [3.63, 3.8) is 0 Å². The molecule has 2 aromatic rings. The number of hydrogen-bond acceptors (Lipinski definition) is 6. The van der Waals surface area contributed by atoms with E-state index in [1.165, 1.54) is 0 Å². The molecule has 0 radical (unpaired) electrons. The van der Waals surface area contributed by atoms with E-state index in [-0.39, 0.29) is 29.4 Å². The van der Waals surface area contributed by atoms with Gasteiger partial charge in [0.2, 0.25) is 5.95 Å². The third-order valence-electron chi connectivity index (χ3n) is 3.10. The van der Waals surface area contributed by atoms with Crippen LogP contribution in [0.15, 0.2) is 6.07 Å². The van der Waals surface area contributed by atoms with Gasteiger partial charge in [-0.15, -0.1) is 3.89 Å². The van der Waals surface area contributed by atoms with Crippen molar-refractivity contribution in [2.24, 2.45) is 0 Å². The molecular formula is C13H15F3N4O2S. The van der Waals surface area contributed by atoms with E-state index in [1.54, 1.807) is 0 Å². The maximum Gasteiger partial charge on any atom is 0.340 e. The molecule has 0 amide bonds. The minimum Gasteiger partial charge on any atom is -0.465 e. The first kappa shape index (κ1) is 17.4. The number of fused-ring (bicyclic) bond motifs is 1. The lowest BCUT2D eigenvalue weighted by Crippen LogP contribution is -2.21. The van der Waals surface area contributed by atoms with Gasteiger partial charge in [0.15, 0.2) is 24.0 Å². The Bertz CT molecular complexity index is 736. The zero-order valence-corrected chi connectivity index (χ0v) is 13.5. The molecule has 0 aliphatic carbocycles. The number of nitrogens with one attached hydrogen (secondary N) is 1. The summed E-state index contributed by atoms with van der Waals surface area (Å²) >= 11 is -0.272. The Hall–Kier alpha value is -1.94. The number of aromatic nitrogens is 2. The van der Waals surface area contributed by atoms with E-state index in [9.17, 15) is 17.5 Å². The van der Waals surface area contributed by atoms with Crippen LogP contribution >= 0.6 is 12.3 Å². The molecule has 0 fully saturated rings. The van der Waals surface area contributed by atoms with Crippen LogP contribution in [0.3, 0.4) is 0 Å². The van der Waals surface area contributed by atoms with Crippen LogP contribution in [0.25, 0.3) is 11.0 Å². The number of likely N-dealkylation sites (N-methyl/N-ethyl adjacent to an activating group) is 1. The van der Waals surface area contributed by atoms with E-state index in [4.69, 9.17) is 0 Å². The Labute approximate surface area is 135 Å². The van der Waals surface area contributed by atoms with Gasteiger partial charge in [0, 0.05) is 13.1 Å². The van der Waals surface area contributed by atoms with Gasteiger partial charge in [0.1, 0.15) is 11.0 Å². The SMILES string of the molecule is COC(=O)c1cc(F)c(F)c2nc(NCCN(C)C)n(SF)c12. The summed E-state index contributed by atoms with van der Waals surface area (Å²) in [6.07, 6.45) is 0. The normalized spacial score (nSPS) is 11.3. The summed E-state index contributed by atoms with van der Waals surface area (Å²) < 4.78 is 46.4. The molecule has 0 atom stereocenters. The number of carbonyl (C=O) groups excluding carboxylic acids is 1. The molecule has 23 heavy (non-hydrogen) atoms. The second-order valence-corrected chi connectivity index (χ2v) is 5.44. The molecule has 0 unspecified atom stereocenters. The summed E-state index contributed by atoms with van der Waals surface area (Å²) in [6, 6.07) is 0.668. The number of halogens is 3. The number of carbonyl (C=O) groups is 1. The summed E-state index contributed by atoms with van der Waals surface area (Å²) in [5, 5.41) is 2.82. The maximum absolute atomic E-state index is 14.0. The summed E-state index contributed by atoms with van der Waals surface area (Å²) in [5.74, 6) is -3.45. The molecule has 0 saturated heterocycles. The van der Waals surface area contributed by atoms with E-state index < -0.39 is 23.1 Å². The van der Waals surface area contributed by atoms with E-state index in [0.29, 0.717) is 19.2 Å². The van der Waals surface area contributed by atoms with Crippen LogP contribution in [-0.2, 0) is 4.74 Å². The zero-order valence-electron chi connectivity index (χ0n) is 12.7. The number of ether oxygens (including phenoxy) is 1. The fourth-order valence-electron chi connectivity index (χ4n) is 2.00. The predicted molar refractivity (Wildman–Crippen MR) is 82.1 cm³/mol. The molecule has 1 heterocycles. The number of nitrogens with zero attached hydrogens (tertiary/aromatic N) is 3. The number of methoxy groups -OCH3 is 1. The van der Waals surface area contributed by atoms with E-state index in [1.807, 2.05) is 19.0 Å². The average molecular weight is 348 g/mol. The second-order valence-electron chi connectivity index (χ2n) is 4.94. The topological polar surface area (TPSA) is 59.4 Å². The lowest BCUT2D eigenvalue weighted by atomic mass is 10.1. The van der Waals surface area contributed by atoms with Gasteiger partial charge < -0.3 is 15.0 Å². The number of benzene rings is 1. The van der Waals surface area contributed by atoms with Crippen molar-refractivity contribution in [1.82, 2.24) is 13.9 Å². The first-order valence-corrected chi connectivity index (χ1v) is 7.24. The average Bonchev–Trinajstić information content (AvgIpc) is 2.88. The van der Waals surface area contributed by atoms with Crippen LogP contribution in [-0.4, -0.2) is 54.1 Å². The molecular weight excluding hydrogens is 333 g/mol. The number of rotatable bonds is 6. The number of anilines is 1. The third kappa shape index (κ3) is 3.37. The van der Waals surface area contributed by atoms with Crippen LogP contribution in [0.2, 0.25) is 0 Å². The number of hydrogen-bond donors (Lipinski definition) is 1. The van der Waals surface area contributed by atoms with E-state index >= 15 is 0 Å². The predicted octanol–water partition coefficient (Wildman–Crippen LogP) is 2.46. The minimum absolute atomic E-state index is 0.0241. The van der Waals surface area contributed by atoms with Crippen molar-refractivity contribution in [2.45, 2.75) is 0 Å². The Kier molecular flexibility index (Phi) is 5.37. The first-order chi connectivity index (χ1) is 10.9. The van der Waals surface area contributed by atoms with Gasteiger partial charge in [0.25, 0.3) is 0 Å². The van der Waals surface area contributed by atoms with Gasteiger partial charge in [-0.2, -0.15) is 0 Å². The van der Waals surface area contributed by atoms with Gasteiger partial charge in [-0.1, -0.05) is 0 Å². The Morgan fingerprint density at radius 2 is 2.17 bits per heavy atom. The van der Waals surface area contributed by atoms with Crippen LogP contribution in [0.4, 0.5) is 18.6 Å². The van der Waals surface area contributed by atoms with Gasteiger partial charge in [0.05, 0.1) is 12.7 Å². The molecule has 2 rings (SSSR count). The quantitative estimate of drug-likeness (QED) is 0.810. The van der Waals surface area contributed by atoms with E-state index in [0.717, 1.165) is 11.1 Å². The smallest absolute Gasteiger partial charge is 0.340 e. The lowest BCUT2D eigenvalue weighted by molar-refractivity contribution is 0.0602. The molecule has 0 spiro atoms. The minimum atomic E-state index is -1.26. The van der Waals surface area contributed by atoms with Crippen molar-refractivity contribution < 1.29 is 22.2 Å². The largest absolute Gasteiger partial charge is 0.465 e. The summed E-state index contributed by atoms with van der Waals surface area (Å²) in [5.41, 5.74) is -0.932. The molecule has 1 aromatic heterocycles. The molecule has 10 heteroatoms. The van der Waals surface area contributed by atoms with Gasteiger partial charge in [-0.05, 0) is 20.2 Å². The standard InChI is InChI=1S/C13H15F3N4O2S/c1-19(2)5-4-17-13-18-10-9(15)8(14)6-7(12(21)22-3)11(10)20(13)23-16/h6H,4-5H2,1-3H3,(H,17,18). The third-order valence-corrected chi connectivity index (χ3v) is 3.59. The van der Waals surface area contributed by atoms with Crippen molar-refractivity contribution >= 4 is 35.3 Å². The highest BCUT2D eigenvalue weighted by Crippen LogP contribution is 2.32. The fourth-order valence-corrected chi connectivity index (χ4v) is 2.43. The summed E-state index contributed by atoms with van der Waals surface area (Å²) in [4.78, 5) is 17.5. The van der Waals surface area contributed by atoms with Crippen LogP contribution in [0.5, 0.6) is 0 Å². The van der Waals surface area contributed by atoms with Crippen molar-refractivity contribution in [2.75, 3.05) is 39.6 Å². The van der Waals surface area contributed by atoms with Crippen LogP contribution < -0.4 is 5.32 Å².